The summed E-state index contributed by atoms with van der Waals surface area (Å²) in [7, 11) is 1.66. The van der Waals surface area contributed by atoms with Crippen molar-refractivity contribution in [3.63, 3.8) is 0 Å². The first-order valence-electron chi connectivity index (χ1n) is 9.06. The molecule has 1 fully saturated rings. The van der Waals surface area contributed by atoms with Crippen molar-refractivity contribution in [2.75, 3.05) is 26.7 Å². The van der Waals surface area contributed by atoms with Crippen molar-refractivity contribution in [1.82, 2.24) is 10.2 Å². The standard InChI is InChI=1S/C21H25ClN2O2/c1-26-17-11-9-16(10-12-17)5-4-8-21(25)24-14-13-23-15-20(24)18-6-2-3-7-19(18)22/h2-3,6-7,9-12,20,23H,4-5,8,13-15H2,1H3. The average molecular weight is 373 g/mol. The van der Waals surface area contributed by atoms with Gasteiger partial charge < -0.3 is 15.0 Å². The van der Waals surface area contributed by atoms with Crippen molar-refractivity contribution in [3.05, 3.63) is 64.7 Å². The van der Waals surface area contributed by atoms with Crippen LogP contribution in [0.4, 0.5) is 0 Å². The van der Waals surface area contributed by atoms with Crippen LogP contribution in [0.5, 0.6) is 5.75 Å². The minimum Gasteiger partial charge on any atom is -0.497 e. The number of aryl methyl sites for hydroxylation is 1. The van der Waals surface area contributed by atoms with Gasteiger partial charge >= 0.3 is 0 Å². The Kier molecular flexibility index (Phi) is 6.53. The molecule has 0 spiro atoms. The third-order valence-electron chi connectivity index (χ3n) is 4.84. The Morgan fingerprint density at radius 1 is 1.23 bits per heavy atom. The largest absolute Gasteiger partial charge is 0.497 e. The Morgan fingerprint density at radius 3 is 2.73 bits per heavy atom. The van der Waals surface area contributed by atoms with Gasteiger partial charge in [0, 0.05) is 31.1 Å². The van der Waals surface area contributed by atoms with E-state index < -0.39 is 0 Å². The maximum atomic E-state index is 12.8. The zero-order valence-corrected chi connectivity index (χ0v) is 15.8. The van der Waals surface area contributed by atoms with Gasteiger partial charge in [-0.25, -0.2) is 0 Å². The number of nitrogens with zero attached hydrogens (tertiary/aromatic N) is 1. The third kappa shape index (κ3) is 4.57. The summed E-state index contributed by atoms with van der Waals surface area (Å²) in [4.78, 5) is 14.8. The molecule has 3 rings (SSSR count). The van der Waals surface area contributed by atoms with Crippen LogP contribution in [0.15, 0.2) is 48.5 Å². The molecule has 1 heterocycles. The number of carbonyl (C=O) groups is 1. The van der Waals surface area contributed by atoms with Crippen molar-refractivity contribution in [1.29, 1.82) is 0 Å². The Labute approximate surface area is 160 Å². The number of nitrogens with one attached hydrogen (secondary N) is 1. The second kappa shape index (κ2) is 9.06. The monoisotopic (exact) mass is 372 g/mol. The molecule has 1 aliphatic rings. The number of halogens is 1. The van der Waals surface area contributed by atoms with Crippen LogP contribution in [0, 0.1) is 0 Å². The quantitative estimate of drug-likeness (QED) is 0.837. The van der Waals surface area contributed by atoms with E-state index in [9.17, 15) is 4.79 Å². The number of piperazine rings is 1. The maximum Gasteiger partial charge on any atom is 0.223 e. The normalized spacial score (nSPS) is 17.2. The van der Waals surface area contributed by atoms with Crippen LogP contribution in [0.3, 0.4) is 0 Å². The predicted molar refractivity (Wildman–Crippen MR) is 105 cm³/mol. The zero-order chi connectivity index (χ0) is 18.4. The number of methoxy groups -OCH3 is 1. The van der Waals surface area contributed by atoms with E-state index in [-0.39, 0.29) is 11.9 Å². The molecule has 1 atom stereocenters. The summed E-state index contributed by atoms with van der Waals surface area (Å²) in [5.41, 5.74) is 2.24. The number of ether oxygens (including phenoxy) is 1. The second-order valence-electron chi connectivity index (χ2n) is 6.53. The molecule has 4 nitrogen and oxygen atoms in total. The van der Waals surface area contributed by atoms with Gasteiger partial charge in [0.2, 0.25) is 5.91 Å². The van der Waals surface area contributed by atoms with Crippen LogP contribution in [-0.2, 0) is 11.2 Å². The summed E-state index contributed by atoms with van der Waals surface area (Å²) in [5.74, 6) is 1.05. The van der Waals surface area contributed by atoms with Crippen LogP contribution in [0.25, 0.3) is 0 Å². The van der Waals surface area contributed by atoms with Gasteiger partial charge in [0.25, 0.3) is 0 Å². The summed E-state index contributed by atoms with van der Waals surface area (Å²) in [6, 6.07) is 15.8. The number of rotatable bonds is 6. The average Bonchev–Trinajstić information content (AvgIpc) is 2.69. The molecule has 0 aromatic heterocycles. The summed E-state index contributed by atoms with van der Waals surface area (Å²) in [5, 5.41) is 4.09. The van der Waals surface area contributed by atoms with Gasteiger partial charge in [-0.2, -0.15) is 0 Å². The summed E-state index contributed by atoms with van der Waals surface area (Å²) in [6.07, 6.45) is 2.27. The highest BCUT2D eigenvalue weighted by Crippen LogP contribution is 2.29. The molecule has 0 bridgehead atoms. The van der Waals surface area contributed by atoms with Gasteiger partial charge in [-0.3, -0.25) is 4.79 Å². The summed E-state index contributed by atoms with van der Waals surface area (Å²) < 4.78 is 5.18. The topological polar surface area (TPSA) is 41.6 Å². The smallest absolute Gasteiger partial charge is 0.223 e. The van der Waals surface area contributed by atoms with Crippen LogP contribution in [0.1, 0.15) is 30.0 Å². The molecule has 1 amide bonds. The van der Waals surface area contributed by atoms with E-state index in [1.807, 2.05) is 41.3 Å². The number of hydrogen-bond donors (Lipinski definition) is 1. The summed E-state index contributed by atoms with van der Waals surface area (Å²) >= 11 is 6.36. The van der Waals surface area contributed by atoms with Crippen LogP contribution < -0.4 is 10.1 Å². The lowest BCUT2D eigenvalue weighted by Crippen LogP contribution is -2.48. The lowest BCUT2D eigenvalue weighted by atomic mass is 10.0. The Balaban J connectivity index is 1.59. The molecule has 1 aliphatic heterocycles. The Bertz CT molecular complexity index is 733. The molecule has 5 heteroatoms. The van der Waals surface area contributed by atoms with Gasteiger partial charge in [0.15, 0.2) is 0 Å². The number of carbonyl (C=O) groups excluding carboxylic acids is 1. The first-order chi connectivity index (χ1) is 12.7. The van der Waals surface area contributed by atoms with E-state index >= 15 is 0 Å². The molecule has 0 saturated carbocycles. The first-order valence-corrected chi connectivity index (χ1v) is 9.44. The minimum absolute atomic E-state index is 0.00550. The van der Waals surface area contributed by atoms with E-state index in [2.05, 4.69) is 17.4 Å². The van der Waals surface area contributed by atoms with Gasteiger partial charge in [0.05, 0.1) is 13.2 Å². The fourth-order valence-electron chi connectivity index (χ4n) is 3.41. The predicted octanol–water partition coefficient (Wildman–Crippen LogP) is 3.84. The SMILES string of the molecule is COc1ccc(CCCC(=O)N2CCNCC2c2ccccc2Cl)cc1. The molecule has 1 unspecified atom stereocenters. The molecular formula is C21H25ClN2O2. The molecule has 138 valence electrons. The fraction of sp³-hybridized carbons (Fsp3) is 0.381. The molecule has 2 aromatic rings. The molecule has 0 radical (unpaired) electrons. The lowest BCUT2D eigenvalue weighted by molar-refractivity contribution is -0.134. The summed E-state index contributed by atoms with van der Waals surface area (Å²) in [6.45, 7) is 2.29. The van der Waals surface area contributed by atoms with Gasteiger partial charge in [0.1, 0.15) is 5.75 Å². The van der Waals surface area contributed by atoms with Crippen LogP contribution in [-0.4, -0.2) is 37.6 Å². The molecule has 0 aliphatic carbocycles. The van der Waals surface area contributed by atoms with E-state index in [1.165, 1.54) is 5.56 Å². The number of hydrogen-bond acceptors (Lipinski definition) is 3. The van der Waals surface area contributed by atoms with E-state index in [0.29, 0.717) is 6.42 Å². The number of benzene rings is 2. The minimum atomic E-state index is 0.00550. The highest BCUT2D eigenvalue weighted by Gasteiger charge is 2.28. The van der Waals surface area contributed by atoms with Gasteiger partial charge in [-0.05, 0) is 42.2 Å². The maximum absolute atomic E-state index is 12.8. The van der Waals surface area contributed by atoms with E-state index in [4.69, 9.17) is 16.3 Å². The highest BCUT2D eigenvalue weighted by molar-refractivity contribution is 6.31. The van der Waals surface area contributed by atoms with E-state index in [0.717, 1.165) is 48.8 Å². The van der Waals surface area contributed by atoms with Crippen molar-refractivity contribution >= 4 is 17.5 Å². The molecule has 2 aromatic carbocycles. The highest BCUT2D eigenvalue weighted by atomic mass is 35.5. The van der Waals surface area contributed by atoms with Crippen molar-refractivity contribution in [3.8, 4) is 5.75 Å². The number of amides is 1. The molecular weight excluding hydrogens is 348 g/mol. The van der Waals surface area contributed by atoms with Crippen molar-refractivity contribution in [2.45, 2.75) is 25.3 Å². The van der Waals surface area contributed by atoms with Gasteiger partial charge in [-0.1, -0.05) is 41.9 Å². The van der Waals surface area contributed by atoms with E-state index in [1.54, 1.807) is 7.11 Å². The fourth-order valence-corrected chi connectivity index (χ4v) is 3.67. The Morgan fingerprint density at radius 2 is 2.00 bits per heavy atom. The van der Waals surface area contributed by atoms with Crippen LogP contribution >= 0.6 is 11.6 Å². The lowest BCUT2D eigenvalue weighted by Gasteiger charge is -2.37. The van der Waals surface area contributed by atoms with Gasteiger partial charge in [-0.15, -0.1) is 0 Å². The third-order valence-corrected chi connectivity index (χ3v) is 5.19. The first kappa shape index (κ1) is 18.7. The second-order valence-corrected chi connectivity index (χ2v) is 6.94. The van der Waals surface area contributed by atoms with Crippen molar-refractivity contribution < 1.29 is 9.53 Å². The molecule has 1 saturated heterocycles. The van der Waals surface area contributed by atoms with Crippen LogP contribution in [0.2, 0.25) is 5.02 Å². The molecule has 26 heavy (non-hydrogen) atoms. The van der Waals surface area contributed by atoms with Crippen molar-refractivity contribution in [2.24, 2.45) is 0 Å². The zero-order valence-electron chi connectivity index (χ0n) is 15.1. The Hall–Kier alpha value is -2.04. The molecule has 1 N–H and O–H groups in total.